The lowest BCUT2D eigenvalue weighted by Crippen LogP contribution is -2.06. The number of allylic oxidation sites excluding steroid dienone is 3. The van der Waals surface area contributed by atoms with Gasteiger partial charge in [0, 0.05) is 5.25 Å². The van der Waals surface area contributed by atoms with Crippen molar-refractivity contribution in [2.24, 2.45) is 5.92 Å². The van der Waals surface area contributed by atoms with Gasteiger partial charge >= 0.3 is 0 Å². The van der Waals surface area contributed by atoms with Crippen molar-refractivity contribution in [1.82, 2.24) is 0 Å². The molecule has 54 valence electrons. The summed E-state index contributed by atoms with van der Waals surface area (Å²) in [6.45, 7) is 0. The first-order valence-electron chi connectivity index (χ1n) is 3.92. The number of hydrogen-bond donors (Lipinski definition) is 0. The third-order valence-corrected chi connectivity index (χ3v) is 3.65. The fourth-order valence-corrected chi connectivity index (χ4v) is 3.06. The summed E-state index contributed by atoms with van der Waals surface area (Å²) in [6, 6.07) is 0. The lowest BCUT2D eigenvalue weighted by atomic mass is 9.99. The second-order valence-corrected chi connectivity index (χ2v) is 4.22. The standard InChI is InChI=1S/C9H12S/c1-2-4-8-6-7-10-9(8)5-3-1/h1-3,5,8-9H,4,6-7H2. The highest BCUT2D eigenvalue weighted by atomic mass is 32.2. The highest BCUT2D eigenvalue weighted by molar-refractivity contribution is 8.00. The van der Waals surface area contributed by atoms with Crippen LogP contribution in [0.4, 0.5) is 0 Å². The minimum absolute atomic E-state index is 0.829. The SMILES string of the molecule is C1=CCC2CCSC2C=C1. The normalized spacial score (nSPS) is 37.6. The number of rotatable bonds is 0. The van der Waals surface area contributed by atoms with E-state index in [9.17, 15) is 0 Å². The van der Waals surface area contributed by atoms with E-state index in [4.69, 9.17) is 0 Å². The van der Waals surface area contributed by atoms with Gasteiger partial charge in [0.05, 0.1) is 0 Å². The first-order valence-corrected chi connectivity index (χ1v) is 4.96. The Labute approximate surface area is 66.4 Å². The molecule has 1 aliphatic carbocycles. The number of hydrogen-bond acceptors (Lipinski definition) is 1. The Morgan fingerprint density at radius 1 is 1.30 bits per heavy atom. The third kappa shape index (κ3) is 1.15. The molecule has 2 aliphatic rings. The molecule has 0 saturated carbocycles. The predicted molar refractivity (Wildman–Crippen MR) is 47.3 cm³/mol. The minimum Gasteiger partial charge on any atom is -0.154 e. The zero-order chi connectivity index (χ0) is 6.81. The molecular formula is C9H12S. The van der Waals surface area contributed by atoms with E-state index in [2.05, 4.69) is 36.1 Å². The molecule has 0 aromatic rings. The Morgan fingerprint density at radius 2 is 2.30 bits per heavy atom. The van der Waals surface area contributed by atoms with Crippen LogP contribution >= 0.6 is 11.8 Å². The molecule has 2 unspecified atom stereocenters. The Morgan fingerprint density at radius 3 is 3.30 bits per heavy atom. The van der Waals surface area contributed by atoms with Crippen molar-refractivity contribution in [3.8, 4) is 0 Å². The molecule has 0 aromatic carbocycles. The molecule has 1 heteroatoms. The fraction of sp³-hybridized carbons (Fsp3) is 0.556. The summed E-state index contributed by atoms with van der Waals surface area (Å²) < 4.78 is 0. The van der Waals surface area contributed by atoms with Gasteiger partial charge in [0.2, 0.25) is 0 Å². The summed E-state index contributed by atoms with van der Waals surface area (Å²) in [5, 5.41) is 0.829. The summed E-state index contributed by atoms with van der Waals surface area (Å²) in [7, 11) is 0. The van der Waals surface area contributed by atoms with Crippen LogP contribution in [-0.2, 0) is 0 Å². The number of thioether (sulfide) groups is 1. The van der Waals surface area contributed by atoms with Crippen molar-refractivity contribution in [2.75, 3.05) is 5.75 Å². The molecule has 1 aliphatic heterocycles. The second-order valence-electron chi connectivity index (χ2n) is 2.93. The Bertz CT molecular complexity index is 170. The fourth-order valence-electron chi connectivity index (χ4n) is 1.63. The van der Waals surface area contributed by atoms with Gasteiger partial charge in [-0.1, -0.05) is 24.3 Å². The van der Waals surface area contributed by atoms with E-state index in [-0.39, 0.29) is 0 Å². The average Bonchev–Trinajstić information content (AvgIpc) is 2.28. The molecule has 0 bridgehead atoms. The van der Waals surface area contributed by atoms with Crippen LogP contribution in [0.2, 0.25) is 0 Å². The van der Waals surface area contributed by atoms with Crippen LogP contribution in [0, 0.1) is 5.92 Å². The van der Waals surface area contributed by atoms with Crippen molar-refractivity contribution in [3.05, 3.63) is 24.3 Å². The topological polar surface area (TPSA) is 0 Å². The maximum absolute atomic E-state index is 2.35. The van der Waals surface area contributed by atoms with Crippen molar-refractivity contribution in [1.29, 1.82) is 0 Å². The van der Waals surface area contributed by atoms with Gasteiger partial charge in [0.1, 0.15) is 0 Å². The lowest BCUT2D eigenvalue weighted by molar-refractivity contribution is 0.566. The summed E-state index contributed by atoms with van der Waals surface area (Å²) in [5.74, 6) is 2.31. The maximum atomic E-state index is 2.35. The monoisotopic (exact) mass is 152 g/mol. The molecule has 0 spiro atoms. The lowest BCUT2D eigenvalue weighted by Gasteiger charge is -2.10. The summed E-state index contributed by atoms with van der Waals surface area (Å²) in [4.78, 5) is 0. The Kier molecular flexibility index (Phi) is 1.85. The third-order valence-electron chi connectivity index (χ3n) is 2.25. The van der Waals surface area contributed by atoms with Gasteiger partial charge in [-0.15, -0.1) is 0 Å². The van der Waals surface area contributed by atoms with E-state index < -0.39 is 0 Å². The van der Waals surface area contributed by atoms with E-state index in [1.54, 1.807) is 0 Å². The van der Waals surface area contributed by atoms with Gasteiger partial charge in [0.15, 0.2) is 0 Å². The van der Waals surface area contributed by atoms with Crippen molar-refractivity contribution in [3.63, 3.8) is 0 Å². The second kappa shape index (κ2) is 2.83. The molecule has 2 atom stereocenters. The highest BCUT2D eigenvalue weighted by Crippen LogP contribution is 2.36. The maximum Gasteiger partial charge on any atom is 0.0261 e. The number of fused-ring (bicyclic) bond motifs is 1. The summed E-state index contributed by atoms with van der Waals surface area (Å²) >= 11 is 2.11. The van der Waals surface area contributed by atoms with Crippen molar-refractivity contribution < 1.29 is 0 Å². The predicted octanol–water partition coefficient (Wildman–Crippen LogP) is 2.62. The van der Waals surface area contributed by atoms with Crippen LogP contribution in [0.15, 0.2) is 24.3 Å². The molecular weight excluding hydrogens is 140 g/mol. The molecule has 2 rings (SSSR count). The van der Waals surface area contributed by atoms with Crippen molar-refractivity contribution >= 4 is 11.8 Å². The first kappa shape index (κ1) is 6.53. The molecule has 1 heterocycles. The molecule has 0 radical (unpaired) electrons. The molecule has 0 aromatic heterocycles. The van der Waals surface area contributed by atoms with Crippen LogP contribution in [-0.4, -0.2) is 11.0 Å². The van der Waals surface area contributed by atoms with Gasteiger partial charge in [-0.05, 0) is 24.5 Å². The van der Waals surface area contributed by atoms with E-state index >= 15 is 0 Å². The quantitative estimate of drug-likeness (QED) is 0.514. The zero-order valence-corrected chi connectivity index (χ0v) is 6.81. The van der Waals surface area contributed by atoms with E-state index in [0.717, 1.165) is 11.2 Å². The Hall–Kier alpha value is -0.170. The molecule has 0 nitrogen and oxygen atoms in total. The molecule has 1 fully saturated rings. The average molecular weight is 152 g/mol. The molecule has 1 saturated heterocycles. The molecule has 0 N–H and O–H groups in total. The van der Waals surface area contributed by atoms with Crippen LogP contribution in [0.3, 0.4) is 0 Å². The summed E-state index contributed by atoms with van der Waals surface area (Å²) in [6.07, 6.45) is 11.7. The minimum atomic E-state index is 0.829. The zero-order valence-electron chi connectivity index (χ0n) is 5.99. The van der Waals surface area contributed by atoms with Crippen LogP contribution in [0.25, 0.3) is 0 Å². The molecule has 0 amide bonds. The first-order chi connectivity index (χ1) is 4.97. The van der Waals surface area contributed by atoms with Gasteiger partial charge in [-0.25, -0.2) is 0 Å². The van der Waals surface area contributed by atoms with Gasteiger partial charge in [-0.3, -0.25) is 0 Å². The van der Waals surface area contributed by atoms with E-state index in [1.165, 1.54) is 18.6 Å². The highest BCUT2D eigenvalue weighted by Gasteiger charge is 2.24. The van der Waals surface area contributed by atoms with Crippen molar-refractivity contribution in [2.45, 2.75) is 18.1 Å². The Balaban J connectivity index is 2.12. The van der Waals surface area contributed by atoms with Gasteiger partial charge in [-0.2, -0.15) is 11.8 Å². The van der Waals surface area contributed by atoms with Gasteiger partial charge < -0.3 is 0 Å². The molecule has 10 heavy (non-hydrogen) atoms. The van der Waals surface area contributed by atoms with Crippen LogP contribution in [0.5, 0.6) is 0 Å². The summed E-state index contributed by atoms with van der Waals surface area (Å²) in [5.41, 5.74) is 0. The van der Waals surface area contributed by atoms with E-state index in [0.29, 0.717) is 0 Å². The largest absolute Gasteiger partial charge is 0.154 e. The van der Waals surface area contributed by atoms with E-state index in [1.807, 2.05) is 0 Å². The van der Waals surface area contributed by atoms with Gasteiger partial charge in [0.25, 0.3) is 0 Å². The van der Waals surface area contributed by atoms with Crippen LogP contribution in [0.1, 0.15) is 12.8 Å². The smallest absolute Gasteiger partial charge is 0.0261 e. The van der Waals surface area contributed by atoms with Crippen LogP contribution < -0.4 is 0 Å².